The highest BCUT2D eigenvalue weighted by Gasteiger charge is 2.33. The molecule has 20 heavy (non-hydrogen) atoms. The summed E-state index contributed by atoms with van der Waals surface area (Å²) in [5.74, 6) is 1.04. The number of hydrogen-bond acceptors (Lipinski definition) is 2. The second-order valence-electron chi connectivity index (χ2n) is 5.06. The van der Waals surface area contributed by atoms with Crippen LogP contribution in [0.5, 0.6) is 5.75 Å². The summed E-state index contributed by atoms with van der Waals surface area (Å²) in [7, 11) is 1.55. The molecule has 2 rings (SSSR count). The maximum atomic E-state index is 10.8. The van der Waals surface area contributed by atoms with Gasteiger partial charge in [0.15, 0.2) is 0 Å². The summed E-state index contributed by atoms with van der Waals surface area (Å²) in [6.07, 6.45) is 1.92. The molecule has 1 atom stereocenters. The van der Waals surface area contributed by atoms with Crippen molar-refractivity contribution in [2.24, 2.45) is 5.92 Å². The average Bonchev–Trinajstić information content (AvgIpc) is 3.22. The van der Waals surface area contributed by atoms with E-state index in [-0.39, 0.29) is 6.10 Å². The standard InChI is InChI=1S/C14H17Cl2NO3/c1-17(14(18)19)7-6-12(9-2-3-9)20-13-8-10(15)4-5-11(13)16/h4-5,8-9,12H,2-3,6-7H2,1H3,(H,18,19). The normalized spacial score (nSPS) is 15.8. The molecule has 4 nitrogen and oxygen atoms in total. The summed E-state index contributed by atoms with van der Waals surface area (Å²) < 4.78 is 5.94. The van der Waals surface area contributed by atoms with Gasteiger partial charge in [-0.05, 0) is 30.9 Å². The summed E-state index contributed by atoms with van der Waals surface area (Å²) >= 11 is 12.0. The van der Waals surface area contributed by atoms with E-state index in [0.717, 1.165) is 12.8 Å². The minimum atomic E-state index is -0.930. The predicted molar refractivity (Wildman–Crippen MR) is 78.9 cm³/mol. The van der Waals surface area contributed by atoms with Gasteiger partial charge in [-0.1, -0.05) is 23.2 Å². The number of benzene rings is 1. The van der Waals surface area contributed by atoms with Crippen molar-refractivity contribution in [2.75, 3.05) is 13.6 Å². The van der Waals surface area contributed by atoms with Crippen LogP contribution in [0.4, 0.5) is 4.79 Å². The maximum absolute atomic E-state index is 10.8. The van der Waals surface area contributed by atoms with Gasteiger partial charge in [0.1, 0.15) is 11.9 Å². The van der Waals surface area contributed by atoms with Crippen LogP contribution >= 0.6 is 23.2 Å². The number of halogens is 2. The number of carboxylic acid groups (broad SMARTS) is 1. The molecule has 0 aromatic heterocycles. The van der Waals surface area contributed by atoms with Crippen molar-refractivity contribution < 1.29 is 14.6 Å². The first-order valence-corrected chi connectivity index (χ1v) is 7.28. The van der Waals surface area contributed by atoms with Crippen molar-refractivity contribution in [3.8, 4) is 5.75 Å². The minimum absolute atomic E-state index is 0.0206. The summed E-state index contributed by atoms with van der Waals surface area (Å²) in [4.78, 5) is 12.1. The van der Waals surface area contributed by atoms with Gasteiger partial charge in [0.25, 0.3) is 0 Å². The Morgan fingerprint density at radius 2 is 2.20 bits per heavy atom. The Balaban J connectivity index is 1.99. The monoisotopic (exact) mass is 317 g/mol. The summed E-state index contributed by atoms with van der Waals surface area (Å²) in [6.45, 7) is 0.439. The molecule has 1 N–H and O–H groups in total. The quantitative estimate of drug-likeness (QED) is 0.857. The zero-order chi connectivity index (χ0) is 14.7. The van der Waals surface area contributed by atoms with E-state index < -0.39 is 6.09 Å². The number of rotatable bonds is 6. The molecular formula is C14H17Cl2NO3. The number of ether oxygens (including phenoxy) is 1. The number of carbonyl (C=O) groups is 1. The van der Waals surface area contributed by atoms with Crippen LogP contribution in [0.3, 0.4) is 0 Å². The van der Waals surface area contributed by atoms with Gasteiger partial charge < -0.3 is 14.7 Å². The lowest BCUT2D eigenvalue weighted by Gasteiger charge is -2.22. The van der Waals surface area contributed by atoms with E-state index in [4.69, 9.17) is 33.0 Å². The van der Waals surface area contributed by atoms with Crippen LogP contribution in [0, 0.1) is 5.92 Å². The molecule has 0 spiro atoms. The van der Waals surface area contributed by atoms with Crippen molar-refractivity contribution in [1.29, 1.82) is 0 Å². The van der Waals surface area contributed by atoms with E-state index in [1.165, 1.54) is 4.90 Å². The second kappa shape index (κ2) is 6.55. The Morgan fingerprint density at radius 1 is 1.50 bits per heavy atom. The predicted octanol–water partition coefficient (Wildman–Crippen LogP) is 4.15. The van der Waals surface area contributed by atoms with Gasteiger partial charge in [0.2, 0.25) is 0 Å². The SMILES string of the molecule is CN(CCC(Oc1cc(Cl)ccc1Cl)C1CC1)C(=O)O. The Bertz CT molecular complexity index is 491. The third-order valence-corrected chi connectivity index (χ3v) is 3.94. The average molecular weight is 318 g/mol. The summed E-state index contributed by atoms with van der Waals surface area (Å²) in [5.41, 5.74) is 0. The molecule has 0 saturated heterocycles. The van der Waals surface area contributed by atoms with Gasteiger partial charge in [-0.2, -0.15) is 0 Å². The van der Waals surface area contributed by atoms with Gasteiger partial charge in [-0.15, -0.1) is 0 Å². The molecule has 6 heteroatoms. The zero-order valence-electron chi connectivity index (χ0n) is 11.2. The Kier molecular flexibility index (Phi) is 5.00. The molecule has 1 unspecified atom stereocenters. The molecule has 110 valence electrons. The lowest BCUT2D eigenvalue weighted by atomic mass is 10.1. The van der Waals surface area contributed by atoms with Crippen LogP contribution in [-0.2, 0) is 0 Å². The van der Waals surface area contributed by atoms with Crippen molar-refractivity contribution in [3.05, 3.63) is 28.2 Å². The van der Waals surface area contributed by atoms with Crippen LogP contribution in [0.2, 0.25) is 10.0 Å². The fourth-order valence-corrected chi connectivity index (χ4v) is 2.33. The number of hydrogen-bond donors (Lipinski definition) is 1. The Hall–Kier alpha value is -1.13. The Labute approximate surface area is 128 Å². The van der Waals surface area contributed by atoms with Crippen LogP contribution < -0.4 is 4.74 Å². The van der Waals surface area contributed by atoms with Gasteiger partial charge in [-0.3, -0.25) is 0 Å². The second-order valence-corrected chi connectivity index (χ2v) is 5.90. The van der Waals surface area contributed by atoms with Crippen molar-refractivity contribution in [2.45, 2.75) is 25.4 Å². The molecule has 0 bridgehead atoms. The van der Waals surface area contributed by atoms with Gasteiger partial charge in [-0.25, -0.2) is 4.79 Å². The summed E-state index contributed by atoms with van der Waals surface area (Å²) in [5, 5.41) is 9.96. The maximum Gasteiger partial charge on any atom is 0.407 e. The molecule has 1 aromatic rings. The van der Waals surface area contributed by atoms with E-state index in [9.17, 15) is 4.79 Å². The Morgan fingerprint density at radius 3 is 2.80 bits per heavy atom. The fourth-order valence-electron chi connectivity index (χ4n) is 2.01. The van der Waals surface area contributed by atoms with E-state index in [1.54, 1.807) is 25.2 Å². The van der Waals surface area contributed by atoms with Gasteiger partial charge >= 0.3 is 6.09 Å². The van der Waals surface area contributed by atoms with Crippen LogP contribution in [0.15, 0.2) is 18.2 Å². The molecule has 1 aliphatic rings. The molecule has 1 aliphatic carbocycles. The molecule has 1 fully saturated rings. The molecule has 0 heterocycles. The number of nitrogens with zero attached hydrogens (tertiary/aromatic N) is 1. The van der Waals surface area contributed by atoms with Crippen molar-refractivity contribution in [3.63, 3.8) is 0 Å². The largest absolute Gasteiger partial charge is 0.488 e. The van der Waals surface area contributed by atoms with Gasteiger partial charge in [0.05, 0.1) is 5.02 Å². The molecule has 1 aromatic carbocycles. The first-order chi connectivity index (χ1) is 9.47. The highest BCUT2D eigenvalue weighted by Crippen LogP contribution is 2.38. The fraction of sp³-hybridized carbons (Fsp3) is 0.500. The van der Waals surface area contributed by atoms with Crippen molar-refractivity contribution in [1.82, 2.24) is 4.90 Å². The molecule has 1 saturated carbocycles. The number of amides is 1. The van der Waals surface area contributed by atoms with E-state index in [0.29, 0.717) is 34.7 Å². The van der Waals surface area contributed by atoms with Crippen LogP contribution in [0.1, 0.15) is 19.3 Å². The highest BCUT2D eigenvalue weighted by molar-refractivity contribution is 6.34. The van der Waals surface area contributed by atoms with E-state index >= 15 is 0 Å². The third kappa shape index (κ3) is 4.18. The third-order valence-electron chi connectivity index (χ3n) is 3.39. The zero-order valence-corrected chi connectivity index (χ0v) is 12.7. The molecular weight excluding hydrogens is 301 g/mol. The van der Waals surface area contributed by atoms with Crippen LogP contribution in [-0.4, -0.2) is 35.8 Å². The lowest BCUT2D eigenvalue weighted by molar-refractivity contribution is 0.131. The first-order valence-electron chi connectivity index (χ1n) is 6.53. The smallest absolute Gasteiger partial charge is 0.407 e. The van der Waals surface area contributed by atoms with E-state index in [2.05, 4.69) is 0 Å². The summed E-state index contributed by atoms with van der Waals surface area (Å²) in [6, 6.07) is 5.10. The minimum Gasteiger partial charge on any atom is -0.488 e. The van der Waals surface area contributed by atoms with Crippen LogP contribution in [0.25, 0.3) is 0 Å². The first kappa shape index (κ1) is 15.3. The molecule has 0 aliphatic heterocycles. The molecule has 0 radical (unpaired) electrons. The highest BCUT2D eigenvalue weighted by atomic mass is 35.5. The topological polar surface area (TPSA) is 49.8 Å². The molecule has 1 amide bonds. The van der Waals surface area contributed by atoms with E-state index in [1.807, 2.05) is 0 Å². The van der Waals surface area contributed by atoms with Gasteiger partial charge in [0, 0.05) is 31.1 Å². The lowest BCUT2D eigenvalue weighted by Crippen LogP contribution is -2.31. The van der Waals surface area contributed by atoms with Crippen molar-refractivity contribution >= 4 is 29.3 Å².